The van der Waals surface area contributed by atoms with Gasteiger partial charge in [-0.2, -0.15) is 0 Å². The van der Waals surface area contributed by atoms with Crippen LogP contribution in [0.25, 0.3) is 11.0 Å². The van der Waals surface area contributed by atoms with Gasteiger partial charge in [-0.15, -0.1) is 0 Å². The van der Waals surface area contributed by atoms with E-state index in [-0.39, 0.29) is 22.0 Å². The van der Waals surface area contributed by atoms with Crippen molar-refractivity contribution in [2.45, 2.75) is 52.6 Å². The number of benzene rings is 1. The largest absolute Gasteiger partial charge is 0.302 e. The number of nitrogens with zero attached hydrogens (tertiary/aromatic N) is 3. The van der Waals surface area contributed by atoms with Crippen LogP contribution in [0, 0.1) is 17.0 Å². The maximum Gasteiger partial charge on any atom is 0.269 e. The van der Waals surface area contributed by atoms with E-state index in [1.54, 1.807) is 0 Å². The first kappa shape index (κ1) is 18.0. The lowest BCUT2D eigenvalue weighted by molar-refractivity contribution is 0.0610. The Labute approximate surface area is 146 Å². The summed E-state index contributed by atoms with van der Waals surface area (Å²) in [4.78, 5) is 18.5. The van der Waals surface area contributed by atoms with Crippen LogP contribution < -0.4 is 5.56 Å². The molecule has 3 rings (SSSR count). The Morgan fingerprint density at radius 3 is 2.68 bits per heavy atom. The van der Waals surface area contributed by atoms with Crippen molar-refractivity contribution in [2.24, 2.45) is 5.41 Å². The highest BCUT2D eigenvalue weighted by Gasteiger charge is 2.32. The summed E-state index contributed by atoms with van der Waals surface area (Å²) in [6.07, 6.45) is 4.62. The smallest absolute Gasteiger partial charge is 0.269 e. The van der Waals surface area contributed by atoms with Crippen molar-refractivity contribution in [3.8, 4) is 0 Å². The fraction of sp³-hybridized carbons (Fsp3) is 0.579. The zero-order valence-electron chi connectivity index (χ0n) is 15.1. The number of hydrogen-bond donors (Lipinski definition) is 0. The lowest BCUT2D eigenvalue weighted by atomic mass is 9.80. The Kier molecular flexibility index (Phi) is 4.91. The van der Waals surface area contributed by atoms with Crippen LogP contribution in [0.2, 0.25) is 0 Å². The third kappa shape index (κ3) is 3.73. The molecule has 0 aliphatic carbocycles. The molecule has 4 nitrogen and oxygen atoms in total. The minimum atomic E-state index is -0.744. The van der Waals surface area contributed by atoms with Gasteiger partial charge in [0.25, 0.3) is 5.56 Å². The van der Waals surface area contributed by atoms with E-state index in [9.17, 15) is 13.6 Å². The van der Waals surface area contributed by atoms with Crippen LogP contribution in [0.5, 0.6) is 0 Å². The molecular weight excluding hydrogens is 324 g/mol. The maximum atomic E-state index is 14.3. The molecule has 136 valence electrons. The molecule has 1 aliphatic rings. The average molecular weight is 349 g/mol. The Morgan fingerprint density at radius 2 is 1.96 bits per heavy atom. The van der Waals surface area contributed by atoms with Gasteiger partial charge in [0.1, 0.15) is 11.3 Å². The zero-order valence-corrected chi connectivity index (χ0v) is 15.1. The topological polar surface area (TPSA) is 38.1 Å². The molecule has 0 N–H and O–H groups in total. The van der Waals surface area contributed by atoms with E-state index < -0.39 is 11.6 Å². The Balaban J connectivity index is 1.90. The van der Waals surface area contributed by atoms with E-state index in [2.05, 4.69) is 30.7 Å². The van der Waals surface area contributed by atoms with E-state index in [1.807, 2.05) is 0 Å². The van der Waals surface area contributed by atoms with E-state index in [0.29, 0.717) is 19.1 Å². The molecular formula is C19H25F2N3O. The molecule has 1 aliphatic heterocycles. The third-order valence-electron chi connectivity index (χ3n) is 5.08. The summed E-state index contributed by atoms with van der Waals surface area (Å²) in [5.41, 5.74) is 0.0451. The van der Waals surface area contributed by atoms with Crippen molar-refractivity contribution < 1.29 is 8.78 Å². The van der Waals surface area contributed by atoms with Gasteiger partial charge in [-0.25, -0.2) is 13.8 Å². The van der Waals surface area contributed by atoms with Crippen LogP contribution in [0.4, 0.5) is 8.78 Å². The highest BCUT2D eigenvalue weighted by Crippen LogP contribution is 2.31. The molecule has 0 amide bonds. The first-order valence-corrected chi connectivity index (χ1v) is 8.86. The van der Waals surface area contributed by atoms with Crippen molar-refractivity contribution >= 4 is 11.0 Å². The number of hydrogen-bond acceptors (Lipinski definition) is 3. The number of likely N-dealkylation sites (tertiary alicyclic amines) is 1. The molecule has 25 heavy (non-hydrogen) atoms. The van der Waals surface area contributed by atoms with E-state index in [4.69, 9.17) is 0 Å². The first-order valence-electron chi connectivity index (χ1n) is 8.86. The lowest BCUT2D eigenvalue weighted by Crippen LogP contribution is -2.48. The molecule has 1 aromatic heterocycles. The summed E-state index contributed by atoms with van der Waals surface area (Å²) in [6, 6.07) is 2.40. The fourth-order valence-corrected chi connectivity index (χ4v) is 3.91. The maximum absolute atomic E-state index is 14.3. The number of rotatable bonds is 3. The summed E-state index contributed by atoms with van der Waals surface area (Å²) in [5, 5.41) is 0. The number of halogens is 2. The van der Waals surface area contributed by atoms with Gasteiger partial charge in [0.15, 0.2) is 5.82 Å². The van der Waals surface area contributed by atoms with Gasteiger partial charge in [-0.1, -0.05) is 27.2 Å². The standard InChI is InChI=1S/C19H25F2N3O/c1-19(2,3)16-6-4-5-7-23(16)8-9-24-17(25)12-22-15-11-13(20)10-14(21)18(15)24/h10-12,16H,4-9H2,1-3H3. The molecule has 1 unspecified atom stereocenters. The van der Waals surface area contributed by atoms with Gasteiger partial charge in [0.05, 0.1) is 11.7 Å². The Bertz CT molecular complexity index is 826. The molecule has 0 saturated carbocycles. The van der Waals surface area contributed by atoms with Crippen LogP contribution in [0.3, 0.4) is 0 Å². The summed E-state index contributed by atoms with van der Waals surface area (Å²) < 4.78 is 29.1. The Morgan fingerprint density at radius 1 is 1.20 bits per heavy atom. The molecule has 1 aromatic carbocycles. The molecule has 1 fully saturated rings. The van der Waals surface area contributed by atoms with Crippen LogP contribution in [-0.2, 0) is 6.54 Å². The van der Waals surface area contributed by atoms with Crippen molar-refractivity contribution in [2.75, 3.05) is 13.1 Å². The van der Waals surface area contributed by atoms with Gasteiger partial charge >= 0.3 is 0 Å². The van der Waals surface area contributed by atoms with Crippen LogP contribution >= 0.6 is 0 Å². The highest BCUT2D eigenvalue weighted by atomic mass is 19.1. The third-order valence-corrected chi connectivity index (χ3v) is 5.08. The number of piperidine rings is 1. The molecule has 0 spiro atoms. The normalized spacial score (nSPS) is 19.5. The summed E-state index contributed by atoms with van der Waals surface area (Å²) >= 11 is 0. The van der Waals surface area contributed by atoms with Crippen molar-refractivity contribution in [1.29, 1.82) is 0 Å². The van der Waals surface area contributed by atoms with Crippen molar-refractivity contribution in [1.82, 2.24) is 14.5 Å². The molecule has 0 bridgehead atoms. The van der Waals surface area contributed by atoms with Crippen LogP contribution in [0.1, 0.15) is 40.0 Å². The monoisotopic (exact) mass is 349 g/mol. The minimum Gasteiger partial charge on any atom is -0.302 e. The second-order valence-corrected chi connectivity index (χ2v) is 7.92. The molecule has 1 atom stereocenters. The average Bonchev–Trinajstić information content (AvgIpc) is 2.53. The number of aromatic nitrogens is 2. The van der Waals surface area contributed by atoms with Gasteiger partial charge in [-0.3, -0.25) is 9.69 Å². The van der Waals surface area contributed by atoms with Crippen molar-refractivity contribution in [3.05, 3.63) is 40.3 Å². The summed E-state index contributed by atoms with van der Waals surface area (Å²) in [7, 11) is 0. The van der Waals surface area contributed by atoms with Gasteiger partial charge in [0.2, 0.25) is 0 Å². The molecule has 2 aromatic rings. The Hall–Kier alpha value is -1.82. The molecule has 0 radical (unpaired) electrons. The van der Waals surface area contributed by atoms with E-state index >= 15 is 0 Å². The van der Waals surface area contributed by atoms with Gasteiger partial charge < -0.3 is 4.57 Å². The second-order valence-electron chi connectivity index (χ2n) is 7.92. The lowest BCUT2D eigenvalue weighted by Gasteiger charge is -2.43. The second kappa shape index (κ2) is 6.83. The predicted octanol–water partition coefficient (Wildman–Crippen LogP) is 3.58. The van der Waals surface area contributed by atoms with E-state index in [0.717, 1.165) is 37.7 Å². The van der Waals surface area contributed by atoms with E-state index in [1.165, 1.54) is 11.0 Å². The predicted molar refractivity (Wildman–Crippen MR) is 94.6 cm³/mol. The summed E-state index contributed by atoms with van der Waals surface area (Å²) in [5.74, 6) is -1.43. The van der Waals surface area contributed by atoms with Crippen LogP contribution in [0.15, 0.2) is 23.1 Å². The zero-order chi connectivity index (χ0) is 18.2. The summed E-state index contributed by atoms with van der Waals surface area (Å²) in [6.45, 7) is 8.70. The minimum absolute atomic E-state index is 0.0817. The van der Waals surface area contributed by atoms with Crippen molar-refractivity contribution in [3.63, 3.8) is 0 Å². The fourth-order valence-electron chi connectivity index (χ4n) is 3.91. The first-order chi connectivity index (χ1) is 11.8. The van der Waals surface area contributed by atoms with Crippen LogP contribution in [-0.4, -0.2) is 33.6 Å². The SMILES string of the molecule is CC(C)(C)C1CCCCN1CCn1c(=O)cnc2cc(F)cc(F)c21. The highest BCUT2D eigenvalue weighted by molar-refractivity contribution is 5.75. The molecule has 6 heteroatoms. The van der Waals surface area contributed by atoms with Gasteiger partial charge in [0, 0.05) is 31.3 Å². The quantitative estimate of drug-likeness (QED) is 0.850. The molecule has 2 heterocycles. The van der Waals surface area contributed by atoms with Gasteiger partial charge in [-0.05, 0) is 24.8 Å². The number of fused-ring (bicyclic) bond motifs is 1. The molecule has 1 saturated heterocycles.